The highest BCUT2D eigenvalue weighted by Crippen LogP contribution is 2.49. The van der Waals surface area contributed by atoms with E-state index in [1.54, 1.807) is 0 Å². The van der Waals surface area contributed by atoms with E-state index in [0.717, 1.165) is 6.42 Å². The van der Waals surface area contributed by atoms with Crippen LogP contribution in [0.5, 0.6) is 0 Å². The normalized spacial score (nSPS) is 14.5. The molecule has 0 aliphatic rings. The van der Waals surface area contributed by atoms with Crippen LogP contribution in [0.4, 0.5) is 0 Å². The third-order valence-corrected chi connectivity index (χ3v) is 5.18. The number of hydrogen-bond donors (Lipinski definition) is 0. The minimum atomic E-state index is -2.84. The molecule has 3 nitrogen and oxygen atoms in total. The first kappa shape index (κ1) is 13.6. The predicted molar refractivity (Wildman–Crippen MR) is 58.7 cm³/mol. The van der Waals surface area contributed by atoms with E-state index in [1.165, 1.54) is 0 Å². The van der Waals surface area contributed by atoms with Gasteiger partial charge in [0.05, 0.1) is 19.4 Å². The fraction of sp³-hybridized carbons (Fsp3) is 1.00. The van der Waals surface area contributed by atoms with Crippen molar-refractivity contribution in [3.8, 4) is 0 Å². The maximum Gasteiger partial charge on any atom is 0.331 e. The molecule has 5 heteroatoms. The third-order valence-electron chi connectivity index (χ3n) is 1.52. The molecule has 1 atom stereocenters. The Bertz CT molecular complexity index is 165. The Kier molecular flexibility index (Phi) is 7.33. The highest BCUT2D eigenvalue weighted by atomic mass is 79.9. The Morgan fingerprint density at radius 2 is 1.69 bits per heavy atom. The van der Waals surface area contributed by atoms with Crippen molar-refractivity contribution in [1.82, 2.24) is 0 Å². The maximum absolute atomic E-state index is 11.9. The molecule has 0 saturated carbocycles. The van der Waals surface area contributed by atoms with E-state index in [4.69, 9.17) is 9.05 Å². The predicted octanol–water partition coefficient (Wildman–Crippen LogP) is 3.43. The molecular weight excluding hydrogens is 255 g/mol. The van der Waals surface area contributed by atoms with Crippen molar-refractivity contribution in [3.05, 3.63) is 0 Å². The largest absolute Gasteiger partial charge is 0.331 e. The van der Waals surface area contributed by atoms with Crippen molar-refractivity contribution < 1.29 is 13.6 Å². The van der Waals surface area contributed by atoms with E-state index in [1.807, 2.05) is 20.8 Å². The van der Waals surface area contributed by atoms with Crippen molar-refractivity contribution >= 4 is 23.5 Å². The molecule has 0 aromatic rings. The van der Waals surface area contributed by atoms with Gasteiger partial charge in [-0.3, -0.25) is 4.57 Å². The summed E-state index contributed by atoms with van der Waals surface area (Å²) in [6.45, 7) is 6.53. The van der Waals surface area contributed by atoms with E-state index in [0.29, 0.717) is 19.4 Å². The zero-order valence-corrected chi connectivity index (χ0v) is 10.9. The molecule has 0 rings (SSSR count). The molecule has 0 spiro atoms. The fourth-order valence-corrected chi connectivity index (χ4v) is 3.79. The molecule has 0 amide bonds. The number of hydrogen-bond acceptors (Lipinski definition) is 3. The SMILES string of the molecule is CCOP(=O)(CC(Br)CC)OCC. The van der Waals surface area contributed by atoms with Gasteiger partial charge >= 0.3 is 7.60 Å². The molecular formula is C8H18BrO3P. The lowest BCUT2D eigenvalue weighted by Crippen LogP contribution is -2.08. The summed E-state index contributed by atoms with van der Waals surface area (Å²) in [5.41, 5.74) is 0. The fourth-order valence-electron chi connectivity index (χ4n) is 0.908. The molecule has 0 bridgehead atoms. The molecule has 80 valence electrons. The molecule has 0 aromatic heterocycles. The summed E-state index contributed by atoms with van der Waals surface area (Å²) in [5, 5.41) is 0. The van der Waals surface area contributed by atoms with Gasteiger partial charge in [0.25, 0.3) is 0 Å². The van der Waals surface area contributed by atoms with Crippen LogP contribution in [0.2, 0.25) is 0 Å². The van der Waals surface area contributed by atoms with Gasteiger partial charge in [-0.1, -0.05) is 22.9 Å². The molecule has 0 fully saturated rings. The van der Waals surface area contributed by atoms with Crippen molar-refractivity contribution in [2.45, 2.75) is 32.0 Å². The minimum Gasteiger partial charge on any atom is -0.309 e. The third kappa shape index (κ3) is 5.84. The molecule has 0 N–H and O–H groups in total. The van der Waals surface area contributed by atoms with E-state index in [2.05, 4.69) is 15.9 Å². The van der Waals surface area contributed by atoms with Gasteiger partial charge in [0, 0.05) is 4.83 Å². The van der Waals surface area contributed by atoms with Crippen LogP contribution >= 0.6 is 23.5 Å². The molecule has 0 aliphatic heterocycles. The van der Waals surface area contributed by atoms with Gasteiger partial charge in [0.1, 0.15) is 0 Å². The van der Waals surface area contributed by atoms with Gasteiger partial charge in [0.15, 0.2) is 0 Å². The first-order valence-corrected chi connectivity index (χ1v) is 7.24. The lowest BCUT2D eigenvalue weighted by atomic mass is 10.4. The topological polar surface area (TPSA) is 35.5 Å². The lowest BCUT2D eigenvalue weighted by molar-refractivity contribution is 0.220. The highest BCUT2D eigenvalue weighted by molar-refractivity contribution is 9.09. The first-order valence-electron chi connectivity index (χ1n) is 4.60. The summed E-state index contributed by atoms with van der Waals surface area (Å²) in [4.78, 5) is 0.205. The zero-order valence-electron chi connectivity index (χ0n) is 8.46. The molecule has 0 aliphatic carbocycles. The molecule has 0 radical (unpaired) electrons. The quantitative estimate of drug-likeness (QED) is 0.526. The summed E-state index contributed by atoms with van der Waals surface area (Å²) in [5.74, 6) is 0. The Morgan fingerprint density at radius 3 is 2.00 bits per heavy atom. The van der Waals surface area contributed by atoms with E-state index < -0.39 is 7.60 Å². The van der Waals surface area contributed by atoms with Crippen LogP contribution in [0.25, 0.3) is 0 Å². The monoisotopic (exact) mass is 272 g/mol. The van der Waals surface area contributed by atoms with Crippen LogP contribution in [0.3, 0.4) is 0 Å². The highest BCUT2D eigenvalue weighted by Gasteiger charge is 2.26. The average molecular weight is 273 g/mol. The van der Waals surface area contributed by atoms with Crippen LogP contribution in [0, 0.1) is 0 Å². The molecule has 1 unspecified atom stereocenters. The van der Waals surface area contributed by atoms with Crippen molar-refractivity contribution in [2.24, 2.45) is 0 Å². The summed E-state index contributed by atoms with van der Waals surface area (Å²) < 4.78 is 22.2. The average Bonchev–Trinajstić information content (AvgIpc) is 2.04. The van der Waals surface area contributed by atoms with Gasteiger partial charge in [-0.15, -0.1) is 0 Å². The van der Waals surface area contributed by atoms with Crippen molar-refractivity contribution in [3.63, 3.8) is 0 Å². The number of rotatable bonds is 7. The van der Waals surface area contributed by atoms with Crippen molar-refractivity contribution in [2.75, 3.05) is 19.4 Å². The Labute approximate surface area is 88.9 Å². The number of halogens is 1. The zero-order chi connectivity index (χ0) is 10.3. The smallest absolute Gasteiger partial charge is 0.309 e. The molecule has 0 saturated heterocycles. The Balaban J connectivity index is 4.14. The van der Waals surface area contributed by atoms with Gasteiger partial charge in [-0.05, 0) is 20.3 Å². The van der Waals surface area contributed by atoms with E-state index >= 15 is 0 Å². The Hall–Kier alpha value is 0.630. The standard InChI is InChI=1S/C8H18BrO3P/c1-4-8(9)7-13(10,11-5-2)12-6-3/h8H,4-7H2,1-3H3. The van der Waals surface area contributed by atoms with Gasteiger partial charge in [-0.2, -0.15) is 0 Å². The van der Waals surface area contributed by atoms with Crippen LogP contribution in [-0.4, -0.2) is 24.2 Å². The van der Waals surface area contributed by atoms with E-state index in [-0.39, 0.29) is 4.83 Å². The summed E-state index contributed by atoms with van der Waals surface area (Å²) in [6.07, 6.45) is 1.37. The van der Waals surface area contributed by atoms with Crippen LogP contribution < -0.4 is 0 Å². The lowest BCUT2D eigenvalue weighted by Gasteiger charge is -2.18. The molecule has 13 heavy (non-hydrogen) atoms. The molecule has 0 heterocycles. The maximum atomic E-state index is 11.9. The van der Waals surface area contributed by atoms with Gasteiger partial charge in [-0.25, -0.2) is 0 Å². The van der Waals surface area contributed by atoms with Gasteiger partial charge < -0.3 is 9.05 Å². The van der Waals surface area contributed by atoms with Crippen LogP contribution in [0.15, 0.2) is 0 Å². The van der Waals surface area contributed by atoms with Crippen LogP contribution in [-0.2, 0) is 13.6 Å². The summed E-state index contributed by atoms with van der Waals surface area (Å²) in [6, 6.07) is 0. The van der Waals surface area contributed by atoms with E-state index in [9.17, 15) is 4.57 Å². The van der Waals surface area contributed by atoms with Crippen LogP contribution in [0.1, 0.15) is 27.2 Å². The summed E-state index contributed by atoms with van der Waals surface area (Å²) in [7, 11) is -2.84. The second kappa shape index (κ2) is 6.99. The summed E-state index contributed by atoms with van der Waals surface area (Å²) >= 11 is 3.42. The second-order valence-electron chi connectivity index (χ2n) is 2.63. The van der Waals surface area contributed by atoms with Crippen molar-refractivity contribution in [1.29, 1.82) is 0 Å². The second-order valence-corrected chi connectivity index (χ2v) is 6.03. The minimum absolute atomic E-state index is 0.205. The molecule has 0 aromatic carbocycles. The van der Waals surface area contributed by atoms with Gasteiger partial charge in [0.2, 0.25) is 0 Å². The Morgan fingerprint density at radius 1 is 1.23 bits per heavy atom. The number of alkyl halides is 1. The first-order chi connectivity index (χ1) is 6.08.